The van der Waals surface area contributed by atoms with Gasteiger partial charge < -0.3 is 15.1 Å². The summed E-state index contributed by atoms with van der Waals surface area (Å²) in [6.07, 6.45) is 0. The number of nitrogens with zero attached hydrogens (tertiary/aromatic N) is 1. The highest BCUT2D eigenvalue weighted by molar-refractivity contribution is 6.30. The van der Waals surface area contributed by atoms with Crippen LogP contribution in [0.25, 0.3) is 0 Å². The third kappa shape index (κ3) is 201. The van der Waals surface area contributed by atoms with Crippen molar-refractivity contribution in [1.29, 1.82) is 5.26 Å². The highest BCUT2D eigenvalue weighted by atomic mass is 16.5. The number of rotatable bonds is 0. The molecule has 0 heterocycles. The first kappa shape index (κ1) is 9.66. The Morgan fingerprint density at radius 1 is 1.43 bits per heavy atom. The van der Waals surface area contributed by atoms with Gasteiger partial charge in [0.25, 0.3) is 0 Å². The molecule has 0 rings (SSSR count). The Bertz CT molecular complexity index is 55.7. The largest absolute Gasteiger partial charge is 0.631 e. The van der Waals surface area contributed by atoms with E-state index in [1.807, 2.05) is 0 Å². The molecule has 0 amide bonds. The molecule has 0 atom stereocenters. The molecule has 0 saturated carbocycles. The van der Waals surface area contributed by atoms with E-state index in [2.05, 4.69) is 0 Å². The Morgan fingerprint density at radius 2 is 1.43 bits per heavy atom. The van der Waals surface area contributed by atoms with Gasteiger partial charge in [0, 0.05) is 6.92 Å². The molecular weight excluding hydrogens is 96.8 g/mol. The molecule has 4 nitrogen and oxygen atoms in total. The maximum absolute atomic E-state index is 7.32. The maximum atomic E-state index is 7.32. The van der Waals surface area contributed by atoms with Crippen molar-refractivity contribution in [3.8, 4) is 6.07 Å². The van der Waals surface area contributed by atoms with Crippen molar-refractivity contribution in [2.24, 2.45) is 0 Å². The number of hydrogen-bond donors (Lipinski definition) is 3. The second kappa shape index (κ2) is 9.06. The molecule has 0 saturated heterocycles. The average Bonchev–Trinajstić information content (AvgIpc) is 1.33. The van der Waals surface area contributed by atoms with Crippen molar-refractivity contribution in [1.82, 2.24) is 0 Å². The van der Waals surface area contributed by atoms with Gasteiger partial charge in [0.15, 0.2) is 0 Å². The lowest BCUT2D eigenvalue weighted by Gasteiger charge is -1.69. The normalized spacial score (nSPS) is 5.00. The Labute approximate surface area is 41.8 Å². The van der Waals surface area contributed by atoms with Crippen LogP contribution in [0.1, 0.15) is 6.92 Å². The van der Waals surface area contributed by atoms with Crippen LogP contribution in [0.5, 0.6) is 0 Å². The van der Waals surface area contributed by atoms with Crippen molar-refractivity contribution in [2.75, 3.05) is 0 Å². The third-order valence-electron chi connectivity index (χ3n) is 0. The molecule has 0 radical (unpaired) electrons. The first-order chi connectivity index (χ1) is 3.15. The lowest BCUT2D eigenvalue weighted by Crippen LogP contribution is -2.07. The lowest BCUT2D eigenvalue weighted by atomic mass is 10.3. The van der Waals surface area contributed by atoms with E-state index in [4.69, 9.17) is 20.3 Å². The Morgan fingerprint density at radius 3 is 1.43 bits per heavy atom. The summed E-state index contributed by atoms with van der Waals surface area (Å²) in [5.74, 6) is 0. The smallest absolute Gasteiger partial charge is 0.402 e. The van der Waals surface area contributed by atoms with Crippen molar-refractivity contribution in [2.45, 2.75) is 6.92 Å². The van der Waals surface area contributed by atoms with Gasteiger partial charge >= 0.3 is 7.32 Å². The second-order valence-corrected chi connectivity index (χ2v) is 0.570. The van der Waals surface area contributed by atoms with Gasteiger partial charge in [-0.15, -0.1) is 0 Å². The van der Waals surface area contributed by atoms with Gasteiger partial charge in [-0.1, -0.05) is 0 Å². The summed E-state index contributed by atoms with van der Waals surface area (Å²) in [4.78, 5) is 0. The van der Waals surface area contributed by atoms with E-state index in [0.29, 0.717) is 0 Å². The average molecular weight is 103 g/mol. The van der Waals surface area contributed by atoms with Crippen LogP contribution in [0.3, 0.4) is 0 Å². The van der Waals surface area contributed by atoms with Gasteiger partial charge in [-0.3, -0.25) is 0 Å². The maximum Gasteiger partial charge on any atom is 0.631 e. The highest BCUT2D eigenvalue weighted by Crippen LogP contribution is 1.40. The summed E-state index contributed by atoms with van der Waals surface area (Å²) in [5, 5.41) is 28.8. The van der Waals surface area contributed by atoms with Crippen LogP contribution < -0.4 is 0 Å². The summed E-state index contributed by atoms with van der Waals surface area (Å²) in [6, 6.07) is 1.75. The van der Waals surface area contributed by atoms with Crippen LogP contribution >= 0.6 is 0 Å². The van der Waals surface area contributed by atoms with Crippen molar-refractivity contribution < 1.29 is 15.1 Å². The predicted molar refractivity (Wildman–Crippen MR) is 23.7 cm³/mol. The zero-order valence-electron chi connectivity index (χ0n) is 3.87. The fourth-order valence-corrected chi connectivity index (χ4v) is 0. The summed E-state index contributed by atoms with van der Waals surface area (Å²) in [5.41, 5.74) is 0. The molecule has 7 heavy (non-hydrogen) atoms. The monoisotopic (exact) mass is 103 g/mol. The van der Waals surface area contributed by atoms with Crippen LogP contribution in [0.15, 0.2) is 0 Å². The van der Waals surface area contributed by atoms with Gasteiger partial charge in [0.05, 0.1) is 6.07 Å². The van der Waals surface area contributed by atoms with Crippen molar-refractivity contribution >= 4 is 7.32 Å². The van der Waals surface area contributed by atoms with E-state index in [1.165, 1.54) is 6.92 Å². The molecule has 0 fully saturated rings. The van der Waals surface area contributed by atoms with Gasteiger partial charge in [-0.2, -0.15) is 5.26 Å². The van der Waals surface area contributed by atoms with Crippen molar-refractivity contribution in [3.05, 3.63) is 0 Å². The molecule has 0 aliphatic heterocycles. The zero-order chi connectivity index (χ0) is 6.28. The quantitative estimate of drug-likeness (QED) is 0.325. The minimum absolute atomic E-state index is 1.43. The fourth-order valence-electron chi connectivity index (χ4n) is 0. The number of nitriles is 1. The van der Waals surface area contributed by atoms with Gasteiger partial charge in [-0.05, 0) is 0 Å². The molecule has 0 bridgehead atoms. The molecule has 3 N–H and O–H groups in total. The lowest BCUT2D eigenvalue weighted by molar-refractivity contribution is 0.278. The number of hydrogen-bond acceptors (Lipinski definition) is 4. The van der Waals surface area contributed by atoms with Crippen LogP contribution in [0.2, 0.25) is 0 Å². The first-order valence-electron chi connectivity index (χ1n) is 1.50. The van der Waals surface area contributed by atoms with E-state index in [0.717, 1.165) is 0 Å². The topological polar surface area (TPSA) is 84.5 Å². The predicted octanol–water partition coefficient (Wildman–Crippen LogP) is -1.52. The minimum Gasteiger partial charge on any atom is -0.402 e. The fraction of sp³-hybridized carbons (Fsp3) is 0.500. The van der Waals surface area contributed by atoms with Gasteiger partial charge in [0.1, 0.15) is 0 Å². The molecule has 0 aromatic carbocycles. The van der Waals surface area contributed by atoms with Crippen LogP contribution in [-0.4, -0.2) is 22.4 Å². The standard InChI is InChI=1S/C2H3N.BH3O3/c1-2-3;2-1(3)4/h1H3;2-4H. The van der Waals surface area contributed by atoms with E-state index in [9.17, 15) is 0 Å². The van der Waals surface area contributed by atoms with E-state index in [1.54, 1.807) is 6.07 Å². The molecule has 0 aromatic heterocycles. The van der Waals surface area contributed by atoms with Crippen LogP contribution in [0.4, 0.5) is 0 Å². The molecule has 0 aliphatic carbocycles. The van der Waals surface area contributed by atoms with Gasteiger partial charge in [0.2, 0.25) is 0 Å². The summed E-state index contributed by atoms with van der Waals surface area (Å²) >= 11 is 0. The third-order valence-corrected chi connectivity index (χ3v) is 0. The Hall–Kier alpha value is -0.565. The zero-order valence-corrected chi connectivity index (χ0v) is 3.87. The highest BCUT2D eigenvalue weighted by Gasteiger charge is 1.92. The molecule has 0 aliphatic rings. The summed E-state index contributed by atoms with van der Waals surface area (Å²) < 4.78 is 0. The molecular formula is C2H6BNO3. The molecule has 40 valence electrons. The van der Waals surface area contributed by atoms with Gasteiger partial charge in [-0.25, -0.2) is 0 Å². The minimum atomic E-state index is -2.17. The SMILES string of the molecule is CC#N.OB(O)O. The van der Waals surface area contributed by atoms with E-state index in [-0.39, 0.29) is 0 Å². The van der Waals surface area contributed by atoms with E-state index < -0.39 is 7.32 Å². The molecule has 0 aromatic rings. The van der Waals surface area contributed by atoms with Crippen molar-refractivity contribution in [3.63, 3.8) is 0 Å². The Kier molecular flexibility index (Phi) is 12.5. The molecule has 0 spiro atoms. The van der Waals surface area contributed by atoms with Crippen LogP contribution in [0, 0.1) is 11.3 Å². The summed E-state index contributed by atoms with van der Waals surface area (Å²) in [7, 11) is -2.17. The Balaban J connectivity index is 0. The van der Waals surface area contributed by atoms with E-state index >= 15 is 0 Å². The first-order valence-corrected chi connectivity index (χ1v) is 1.50. The second-order valence-electron chi connectivity index (χ2n) is 0.570. The molecule has 5 heteroatoms. The summed E-state index contributed by atoms with van der Waals surface area (Å²) in [6.45, 7) is 1.43. The molecule has 0 unspecified atom stereocenters. The van der Waals surface area contributed by atoms with Crippen LogP contribution in [-0.2, 0) is 0 Å².